The monoisotopic (exact) mass is 445 g/mol. The number of amides is 1. The van der Waals surface area contributed by atoms with E-state index in [0.717, 1.165) is 27.0 Å². The van der Waals surface area contributed by atoms with Crippen molar-refractivity contribution in [2.45, 2.75) is 19.4 Å². The summed E-state index contributed by atoms with van der Waals surface area (Å²) < 4.78 is 1.45. The van der Waals surface area contributed by atoms with Crippen LogP contribution in [-0.2, 0) is 17.8 Å². The Balaban J connectivity index is 1.38. The topological polar surface area (TPSA) is 109 Å². The second kappa shape index (κ2) is 8.31. The zero-order valence-electron chi connectivity index (χ0n) is 17.2. The number of carbonyl (C=O) groups is 1. The first-order chi connectivity index (χ1) is 15.6. The zero-order chi connectivity index (χ0) is 22.1. The number of aliphatic imine (C=N–C) groups is 1. The minimum atomic E-state index is -0.203. The highest BCUT2D eigenvalue weighted by Crippen LogP contribution is 2.25. The molecule has 1 aliphatic heterocycles. The Morgan fingerprint density at radius 3 is 3.00 bits per heavy atom. The average Bonchev–Trinajstić information content (AvgIpc) is 3.46. The molecule has 1 N–H and O–H groups in total. The van der Waals surface area contributed by atoms with Gasteiger partial charge in [0.15, 0.2) is 0 Å². The molecule has 0 spiro atoms. The Hall–Kier alpha value is -3.92. The lowest BCUT2D eigenvalue weighted by molar-refractivity contribution is -0.117. The van der Waals surface area contributed by atoms with Gasteiger partial charge >= 0.3 is 0 Å². The summed E-state index contributed by atoms with van der Waals surface area (Å²) in [4.78, 5) is 34.7. The summed E-state index contributed by atoms with van der Waals surface area (Å²) in [5.41, 5.74) is 3.13. The van der Waals surface area contributed by atoms with Crippen LogP contribution in [0.25, 0.3) is 10.9 Å². The van der Waals surface area contributed by atoms with Crippen molar-refractivity contribution in [2.24, 2.45) is 4.99 Å². The number of hydrogen-bond donors (Lipinski definition) is 1. The second-order valence-electron chi connectivity index (χ2n) is 7.40. The molecule has 3 aromatic heterocycles. The van der Waals surface area contributed by atoms with Crippen molar-refractivity contribution in [2.75, 3.05) is 11.9 Å². The van der Waals surface area contributed by atoms with Crippen LogP contribution in [0.3, 0.4) is 0 Å². The third kappa shape index (κ3) is 3.87. The summed E-state index contributed by atoms with van der Waals surface area (Å²) in [6.45, 7) is 0.339. The third-order valence-corrected chi connectivity index (χ3v) is 6.14. The van der Waals surface area contributed by atoms with Crippen molar-refractivity contribution in [1.29, 1.82) is 0 Å². The largest absolute Gasteiger partial charge is 0.324 e. The van der Waals surface area contributed by atoms with E-state index in [0.29, 0.717) is 30.9 Å². The summed E-state index contributed by atoms with van der Waals surface area (Å²) in [6.07, 6.45) is 7.78. The number of rotatable bonds is 6. The minimum absolute atomic E-state index is 0.133. The summed E-state index contributed by atoms with van der Waals surface area (Å²) in [5.74, 6) is 0.549. The Kier molecular flexibility index (Phi) is 5.20. The molecule has 1 aliphatic rings. The second-order valence-corrected chi connectivity index (χ2v) is 8.34. The number of nitrogens with zero attached hydrogens (tertiary/aromatic N) is 6. The van der Waals surface area contributed by atoms with E-state index < -0.39 is 0 Å². The van der Waals surface area contributed by atoms with Crippen molar-refractivity contribution in [1.82, 2.24) is 25.0 Å². The van der Waals surface area contributed by atoms with Crippen molar-refractivity contribution in [3.05, 3.63) is 74.6 Å². The van der Waals surface area contributed by atoms with Crippen LogP contribution in [0.2, 0.25) is 0 Å². The highest BCUT2D eigenvalue weighted by atomic mass is 32.1. The maximum atomic E-state index is 13.2. The lowest BCUT2D eigenvalue weighted by Crippen LogP contribution is -2.29. The summed E-state index contributed by atoms with van der Waals surface area (Å²) in [5, 5.41) is 15.1. The Morgan fingerprint density at radius 2 is 2.16 bits per heavy atom. The van der Waals surface area contributed by atoms with Gasteiger partial charge in [0, 0.05) is 43.1 Å². The molecule has 10 heteroatoms. The van der Waals surface area contributed by atoms with Crippen molar-refractivity contribution in [3.63, 3.8) is 0 Å². The number of anilines is 2. The number of nitrogens with one attached hydrogen (secondary N) is 1. The van der Waals surface area contributed by atoms with Crippen LogP contribution in [0, 0.1) is 0 Å². The molecule has 0 atom stereocenters. The van der Waals surface area contributed by atoms with Gasteiger partial charge in [0.2, 0.25) is 5.91 Å². The van der Waals surface area contributed by atoms with E-state index >= 15 is 0 Å². The number of carbonyl (C=O) groups excluding carboxylic acids is 1. The summed E-state index contributed by atoms with van der Waals surface area (Å²) in [6, 6.07) is 7.53. The molecule has 0 saturated heterocycles. The van der Waals surface area contributed by atoms with Gasteiger partial charge in [-0.15, -0.1) is 11.3 Å². The van der Waals surface area contributed by atoms with Crippen LogP contribution >= 0.6 is 11.3 Å². The predicted molar refractivity (Wildman–Crippen MR) is 124 cm³/mol. The molecular formula is C22H19N7O2S. The highest BCUT2D eigenvalue weighted by Gasteiger charge is 2.16. The molecule has 32 heavy (non-hydrogen) atoms. The Labute approximate surface area is 186 Å². The number of allylic oxidation sites excluding steroid dienone is 1. The number of benzene rings is 1. The van der Waals surface area contributed by atoms with Crippen LogP contribution < -0.4 is 10.5 Å². The lowest BCUT2D eigenvalue weighted by Gasteiger charge is -2.16. The zero-order valence-corrected chi connectivity index (χ0v) is 18.0. The fourth-order valence-corrected chi connectivity index (χ4v) is 4.42. The first kappa shape index (κ1) is 20.0. The number of thiazole rings is 1. The first-order valence-electron chi connectivity index (χ1n) is 9.99. The normalized spacial score (nSPS) is 13.5. The molecule has 4 heterocycles. The summed E-state index contributed by atoms with van der Waals surface area (Å²) >= 11 is 1.51. The fourth-order valence-electron chi connectivity index (χ4n) is 3.57. The molecule has 0 unspecified atom stereocenters. The summed E-state index contributed by atoms with van der Waals surface area (Å²) in [7, 11) is 1.82. The first-order valence-corrected chi connectivity index (χ1v) is 10.9. The number of dihydropyridines is 1. The third-order valence-electron chi connectivity index (χ3n) is 5.30. The lowest BCUT2D eigenvalue weighted by atomic mass is 10.1. The van der Waals surface area contributed by atoms with Gasteiger partial charge in [0.25, 0.3) is 5.56 Å². The van der Waals surface area contributed by atoms with Crippen molar-refractivity contribution < 1.29 is 4.79 Å². The number of fused-ring (bicyclic) bond motifs is 1. The van der Waals surface area contributed by atoms with Gasteiger partial charge in [0.1, 0.15) is 11.5 Å². The Morgan fingerprint density at radius 1 is 1.25 bits per heavy atom. The van der Waals surface area contributed by atoms with Crippen LogP contribution in [-0.4, -0.2) is 44.1 Å². The van der Waals surface area contributed by atoms with Gasteiger partial charge in [-0.2, -0.15) is 10.2 Å². The maximum absolute atomic E-state index is 13.2. The highest BCUT2D eigenvalue weighted by molar-refractivity contribution is 7.10. The van der Waals surface area contributed by atoms with Gasteiger partial charge < -0.3 is 4.90 Å². The molecule has 4 aromatic rings. The quantitative estimate of drug-likeness (QED) is 0.489. The molecule has 1 amide bonds. The van der Waals surface area contributed by atoms with E-state index in [1.54, 1.807) is 29.6 Å². The van der Waals surface area contributed by atoms with Gasteiger partial charge in [-0.05, 0) is 23.3 Å². The van der Waals surface area contributed by atoms with E-state index in [9.17, 15) is 9.59 Å². The fraction of sp³-hybridized carbons (Fsp3) is 0.182. The van der Waals surface area contributed by atoms with E-state index in [2.05, 4.69) is 25.3 Å². The predicted octanol–water partition coefficient (Wildman–Crippen LogP) is 2.86. The number of aromatic nitrogens is 5. The minimum Gasteiger partial charge on any atom is -0.324 e. The van der Waals surface area contributed by atoms with Crippen LogP contribution in [0.5, 0.6) is 0 Å². The van der Waals surface area contributed by atoms with Crippen molar-refractivity contribution >= 4 is 45.9 Å². The molecule has 0 radical (unpaired) electrons. The standard InChI is InChI=1S/C22H19N7O2S/c1-28(19-13-32-21(26-19)9-14-5-6-20(30)23-10-14)18-7-8-25-29(22(18)31)12-15-3-2-4-17-16(15)11-24-27-17/h2-5,7-8,10-11,13H,6,9,12H2,1H3,(H,24,27). The number of aromatic amines is 1. The Bertz CT molecular complexity index is 1430. The maximum Gasteiger partial charge on any atom is 0.290 e. The van der Waals surface area contributed by atoms with Gasteiger partial charge in [-0.3, -0.25) is 14.7 Å². The van der Waals surface area contributed by atoms with Gasteiger partial charge in [-0.1, -0.05) is 18.2 Å². The molecule has 5 rings (SSSR count). The van der Waals surface area contributed by atoms with Crippen LogP contribution in [0.15, 0.2) is 63.5 Å². The van der Waals surface area contributed by atoms with Crippen LogP contribution in [0.1, 0.15) is 17.0 Å². The van der Waals surface area contributed by atoms with E-state index in [-0.39, 0.29) is 11.5 Å². The number of hydrogen-bond acceptors (Lipinski definition) is 7. The van der Waals surface area contributed by atoms with E-state index in [4.69, 9.17) is 0 Å². The van der Waals surface area contributed by atoms with Crippen molar-refractivity contribution in [3.8, 4) is 0 Å². The molecule has 0 fully saturated rings. The molecule has 9 nitrogen and oxygen atoms in total. The number of H-pyrrole nitrogens is 1. The molecule has 0 bridgehead atoms. The van der Waals surface area contributed by atoms with E-state index in [1.807, 2.05) is 36.7 Å². The smallest absolute Gasteiger partial charge is 0.290 e. The average molecular weight is 446 g/mol. The molecule has 160 valence electrons. The van der Waals surface area contributed by atoms with E-state index in [1.165, 1.54) is 16.0 Å². The molecule has 1 aromatic carbocycles. The molecular weight excluding hydrogens is 426 g/mol. The molecule has 0 saturated carbocycles. The SMILES string of the molecule is CN(c1csc(CC2=CCC(=O)N=C2)n1)c1ccnn(Cc2cccc3[nH]ncc23)c1=O. The van der Waals surface area contributed by atoms with Gasteiger partial charge in [-0.25, -0.2) is 14.7 Å². The van der Waals surface area contributed by atoms with Gasteiger partial charge in [0.05, 0.1) is 23.3 Å². The van der Waals surface area contributed by atoms with Crippen LogP contribution in [0.4, 0.5) is 11.5 Å². The molecule has 0 aliphatic carbocycles.